The average molecular weight is 354 g/mol. The fourth-order valence-corrected chi connectivity index (χ4v) is 2.74. The SMILES string of the molecule is Cc1c(C(=O)Nc2c(F)cccc2F)cccc1N(C)S(C)(=O)=O. The molecular formula is C16H16F2N2O3S. The third-order valence-electron chi connectivity index (χ3n) is 3.59. The summed E-state index contributed by atoms with van der Waals surface area (Å²) in [6.45, 7) is 1.56. The lowest BCUT2D eigenvalue weighted by Gasteiger charge is -2.20. The highest BCUT2D eigenvalue weighted by molar-refractivity contribution is 7.92. The van der Waals surface area contributed by atoms with E-state index in [1.807, 2.05) is 0 Å². The van der Waals surface area contributed by atoms with Crippen LogP contribution in [-0.4, -0.2) is 27.6 Å². The molecule has 128 valence electrons. The van der Waals surface area contributed by atoms with E-state index in [0.717, 1.165) is 22.7 Å². The Kier molecular flexibility index (Phi) is 4.88. The standard InChI is InChI=1S/C16H16F2N2O3S/c1-10-11(6-4-9-14(10)20(2)24(3,22)23)16(21)19-15-12(17)7-5-8-13(15)18/h4-9H,1-3H3,(H,19,21). The van der Waals surface area contributed by atoms with Crippen molar-refractivity contribution in [1.29, 1.82) is 0 Å². The predicted molar refractivity (Wildman–Crippen MR) is 88.7 cm³/mol. The van der Waals surface area contributed by atoms with Crippen LogP contribution in [0.25, 0.3) is 0 Å². The Morgan fingerprint density at radius 3 is 2.17 bits per heavy atom. The van der Waals surface area contributed by atoms with Gasteiger partial charge in [0.25, 0.3) is 5.91 Å². The molecular weight excluding hydrogens is 338 g/mol. The molecule has 0 unspecified atom stereocenters. The zero-order valence-electron chi connectivity index (χ0n) is 13.3. The molecule has 2 rings (SSSR count). The molecule has 0 aromatic heterocycles. The third kappa shape index (κ3) is 3.53. The fourth-order valence-electron chi connectivity index (χ4n) is 2.19. The van der Waals surface area contributed by atoms with E-state index in [4.69, 9.17) is 0 Å². The summed E-state index contributed by atoms with van der Waals surface area (Å²) in [6.07, 6.45) is 1.04. The third-order valence-corrected chi connectivity index (χ3v) is 4.78. The Labute approximate surface area is 139 Å². The number of benzene rings is 2. The fraction of sp³-hybridized carbons (Fsp3) is 0.188. The van der Waals surface area contributed by atoms with E-state index < -0.39 is 33.3 Å². The maximum Gasteiger partial charge on any atom is 0.256 e. The average Bonchev–Trinajstić information content (AvgIpc) is 2.49. The monoisotopic (exact) mass is 354 g/mol. The van der Waals surface area contributed by atoms with Crippen molar-refractivity contribution in [2.45, 2.75) is 6.92 Å². The van der Waals surface area contributed by atoms with Crippen molar-refractivity contribution >= 4 is 27.3 Å². The highest BCUT2D eigenvalue weighted by atomic mass is 32.2. The Balaban J connectivity index is 2.41. The normalized spacial score (nSPS) is 11.2. The molecule has 24 heavy (non-hydrogen) atoms. The Morgan fingerprint density at radius 2 is 1.62 bits per heavy atom. The Hall–Kier alpha value is -2.48. The number of hydrogen-bond acceptors (Lipinski definition) is 3. The Morgan fingerprint density at radius 1 is 1.08 bits per heavy atom. The largest absolute Gasteiger partial charge is 0.317 e. The summed E-state index contributed by atoms with van der Waals surface area (Å²) in [4.78, 5) is 12.4. The van der Waals surface area contributed by atoms with E-state index in [2.05, 4.69) is 5.32 Å². The summed E-state index contributed by atoms with van der Waals surface area (Å²) >= 11 is 0. The smallest absolute Gasteiger partial charge is 0.256 e. The number of amides is 1. The second-order valence-corrected chi connectivity index (χ2v) is 7.24. The number of rotatable bonds is 4. The van der Waals surface area contributed by atoms with Crippen LogP contribution in [0.2, 0.25) is 0 Å². The van der Waals surface area contributed by atoms with Gasteiger partial charge in [0.05, 0.1) is 11.9 Å². The number of nitrogens with one attached hydrogen (secondary N) is 1. The maximum absolute atomic E-state index is 13.6. The molecule has 0 aliphatic carbocycles. The first-order valence-electron chi connectivity index (χ1n) is 6.92. The number of hydrogen-bond donors (Lipinski definition) is 1. The minimum atomic E-state index is -3.51. The molecule has 0 aliphatic heterocycles. The molecule has 0 atom stereocenters. The lowest BCUT2D eigenvalue weighted by molar-refractivity contribution is 0.102. The molecule has 0 spiro atoms. The lowest BCUT2D eigenvalue weighted by Crippen LogP contribution is -2.26. The van der Waals surface area contributed by atoms with Crippen molar-refractivity contribution in [3.8, 4) is 0 Å². The highest BCUT2D eigenvalue weighted by Crippen LogP contribution is 2.25. The van der Waals surface area contributed by atoms with Gasteiger partial charge in [0.1, 0.15) is 17.3 Å². The number of halogens is 2. The first-order chi connectivity index (χ1) is 11.1. The first kappa shape index (κ1) is 17.9. The molecule has 0 aliphatic rings. The molecule has 0 radical (unpaired) electrons. The molecule has 0 heterocycles. The summed E-state index contributed by atoms with van der Waals surface area (Å²) in [7, 11) is -2.15. The minimum Gasteiger partial charge on any atom is -0.317 e. The van der Waals surface area contributed by atoms with Gasteiger partial charge in [0, 0.05) is 12.6 Å². The van der Waals surface area contributed by atoms with E-state index in [1.165, 1.54) is 31.3 Å². The van der Waals surface area contributed by atoms with Crippen LogP contribution in [0.4, 0.5) is 20.2 Å². The van der Waals surface area contributed by atoms with Crippen LogP contribution >= 0.6 is 0 Å². The van der Waals surface area contributed by atoms with E-state index in [9.17, 15) is 22.0 Å². The lowest BCUT2D eigenvalue weighted by atomic mass is 10.1. The van der Waals surface area contributed by atoms with Crippen molar-refractivity contribution in [2.75, 3.05) is 22.9 Å². The van der Waals surface area contributed by atoms with Crippen molar-refractivity contribution < 1.29 is 22.0 Å². The summed E-state index contributed by atoms with van der Waals surface area (Å²) in [5, 5.41) is 2.18. The quantitative estimate of drug-likeness (QED) is 0.918. The molecule has 0 bridgehead atoms. The van der Waals surface area contributed by atoms with E-state index in [-0.39, 0.29) is 5.56 Å². The first-order valence-corrected chi connectivity index (χ1v) is 8.76. The van der Waals surface area contributed by atoms with E-state index in [0.29, 0.717) is 11.3 Å². The van der Waals surface area contributed by atoms with Gasteiger partial charge in [-0.05, 0) is 36.8 Å². The van der Waals surface area contributed by atoms with Crippen LogP contribution in [-0.2, 0) is 10.0 Å². The van der Waals surface area contributed by atoms with Gasteiger partial charge >= 0.3 is 0 Å². The number of sulfonamides is 1. The van der Waals surface area contributed by atoms with Crippen LogP contribution in [0.1, 0.15) is 15.9 Å². The second-order valence-electron chi connectivity index (χ2n) is 5.23. The summed E-state index contributed by atoms with van der Waals surface area (Å²) in [5.41, 5.74) is 0.244. The van der Waals surface area contributed by atoms with E-state index in [1.54, 1.807) is 6.92 Å². The van der Waals surface area contributed by atoms with Crippen molar-refractivity contribution in [3.05, 3.63) is 59.2 Å². The van der Waals surface area contributed by atoms with Crippen LogP contribution in [0, 0.1) is 18.6 Å². The number of carbonyl (C=O) groups excluding carboxylic acids is 1. The molecule has 8 heteroatoms. The molecule has 0 saturated heterocycles. The van der Waals surface area contributed by atoms with Crippen LogP contribution in [0.3, 0.4) is 0 Å². The molecule has 0 fully saturated rings. The van der Waals surface area contributed by atoms with Crippen LogP contribution < -0.4 is 9.62 Å². The number of nitrogens with zero attached hydrogens (tertiary/aromatic N) is 1. The van der Waals surface area contributed by atoms with E-state index >= 15 is 0 Å². The zero-order chi connectivity index (χ0) is 18.1. The van der Waals surface area contributed by atoms with Gasteiger partial charge in [-0.25, -0.2) is 17.2 Å². The molecule has 2 aromatic carbocycles. The van der Waals surface area contributed by atoms with Gasteiger partial charge in [-0.1, -0.05) is 12.1 Å². The molecule has 2 aromatic rings. The summed E-state index contributed by atoms with van der Waals surface area (Å²) in [6, 6.07) is 7.72. The zero-order valence-corrected chi connectivity index (χ0v) is 14.1. The topological polar surface area (TPSA) is 66.5 Å². The highest BCUT2D eigenvalue weighted by Gasteiger charge is 2.20. The van der Waals surface area contributed by atoms with Gasteiger partial charge < -0.3 is 5.32 Å². The summed E-state index contributed by atoms with van der Waals surface area (Å²) in [5.74, 6) is -2.53. The van der Waals surface area contributed by atoms with Gasteiger partial charge in [-0.3, -0.25) is 9.10 Å². The summed E-state index contributed by atoms with van der Waals surface area (Å²) < 4.78 is 51.7. The van der Waals surface area contributed by atoms with Crippen molar-refractivity contribution in [2.24, 2.45) is 0 Å². The number of anilines is 2. The number of carbonyl (C=O) groups is 1. The minimum absolute atomic E-state index is 0.116. The van der Waals surface area contributed by atoms with Gasteiger partial charge in [0.2, 0.25) is 10.0 Å². The van der Waals surface area contributed by atoms with Gasteiger partial charge in [0.15, 0.2) is 0 Å². The second kappa shape index (κ2) is 6.56. The number of para-hydroxylation sites is 1. The Bertz CT molecular complexity index is 878. The van der Waals surface area contributed by atoms with Crippen molar-refractivity contribution in [3.63, 3.8) is 0 Å². The van der Waals surface area contributed by atoms with Crippen LogP contribution in [0.15, 0.2) is 36.4 Å². The van der Waals surface area contributed by atoms with Crippen LogP contribution in [0.5, 0.6) is 0 Å². The predicted octanol–water partition coefficient (Wildman–Crippen LogP) is 2.92. The van der Waals surface area contributed by atoms with Gasteiger partial charge in [-0.15, -0.1) is 0 Å². The maximum atomic E-state index is 13.6. The molecule has 1 amide bonds. The molecule has 5 nitrogen and oxygen atoms in total. The molecule has 0 saturated carbocycles. The van der Waals surface area contributed by atoms with Crippen molar-refractivity contribution in [1.82, 2.24) is 0 Å². The molecule has 1 N–H and O–H groups in total. The van der Waals surface area contributed by atoms with Gasteiger partial charge in [-0.2, -0.15) is 0 Å².